The van der Waals surface area contributed by atoms with Crippen LogP contribution in [0.4, 0.5) is 27.6 Å². The van der Waals surface area contributed by atoms with Crippen LogP contribution in [0.25, 0.3) is 0 Å². The van der Waals surface area contributed by atoms with E-state index in [1.807, 2.05) is 0 Å². The highest BCUT2D eigenvalue weighted by molar-refractivity contribution is 7.89. The molecule has 2 aromatic rings. The molecule has 0 spiro atoms. The zero-order valence-electron chi connectivity index (χ0n) is 12.8. The fourth-order valence-corrected chi connectivity index (χ4v) is 2.73. The van der Waals surface area contributed by atoms with Gasteiger partial charge in [0, 0.05) is 5.69 Å². The molecule has 0 aliphatic heterocycles. The Balaban J connectivity index is 2.17. The largest absolute Gasteiger partial charge is 0.433 e. The van der Waals surface area contributed by atoms with Crippen molar-refractivity contribution in [3.05, 3.63) is 47.8 Å². The summed E-state index contributed by atoms with van der Waals surface area (Å²) >= 11 is 0. The number of pyridine rings is 1. The maximum atomic E-state index is 13.0. The first kappa shape index (κ1) is 19.8. The van der Waals surface area contributed by atoms with E-state index in [0.29, 0.717) is 11.8 Å². The second-order valence-electron chi connectivity index (χ2n) is 4.97. The molecule has 1 aromatic carbocycles. The lowest BCUT2D eigenvalue weighted by molar-refractivity contribution is -0.139. The first-order chi connectivity index (χ1) is 12.0. The van der Waals surface area contributed by atoms with Crippen LogP contribution in [0, 0.1) is 0 Å². The molecule has 0 unspecified atom stereocenters. The van der Waals surface area contributed by atoms with Crippen LogP contribution in [-0.2, 0) is 22.7 Å². The van der Waals surface area contributed by atoms with Crippen LogP contribution in [0.3, 0.4) is 0 Å². The minimum Gasteiger partial charge on any atom is -0.433 e. The van der Waals surface area contributed by atoms with Crippen LogP contribution in [0.1, 0.15) is 11.3 Å². The standard InChI is InChI=1S/C14H12F5N3O3S/c15-13(16)25-10-3-1-9(22-7-10)6-21-8-2-4-12(26(20,23)24)11(5-8)14(17,18)19/h1-5,7,13,21H,6H2,(H2,20,23,24). The monoisotopic (exact) mass is 397 g/mol. The second kappa shape index (κ2) is 7.41. The minimum absolute atomic E-state index is 0.0283. The third kappa shape index (κ3) is 5.26. The Bertz CT molecular complexity index is 870. The number of rotatable bonds is 6. The molecule has 0 bridgehead atoms. The van der Waals surface area contributed by atoms with E-state index in [1.54, 1.807) is 0 Å². The summed E-state index contributed by atoms with van der Waals surface area (Å²) in [6.45, 7) is -3.04. The first-order valence-corrected chi connectivity index (χ1v) is 8.39. The van der Waals surface area contributed by atoms with E-state index < -0.39 is 33.3 Å². The molecule has 2 rings (SSSR count). The number of halogens is 5. The van der Waals surface area contributed by atoms with Gasteiger partial charge in [0.1, 0.15) is 5.75 Å². The number of hydrogen-bond acceptors (Lipinski definition) is 5. The van der Waals surface area contributed by atoms with Crippen molar-refractivity contribution in [2.24, 2.45) is 5.14 Å². The van der Waals surface area contributed by atoms with Crippen LogP contribution in [0.15, 0.2) is 41.4 Å². The van der Waals surface area contributed by atoms with Gasteiger partial charge in [0.15, 0.2) is 0 Å². The SMILES string of the molecule is NS(=O)(=O)c1ccc(NCc2ccc(OC(F)F)cn2)cc1C(F)(F)F. The summed E-state index contributed by atoms with van der Waals surface area (Å²) < 4.78 is 89.9. The van der Waals surface area contributed by atoms with Crippen LogP contribution in [0.5, 0.6) is 5.75 Å². The maximum Gasteiger partial charge on any atom is 0.417 e. The number of sulfonamides is 1. The lowest BCUT2D eigenvalue weighted by Gasteiger charge is -2.14. The fraction of sp³-hybridized carbons (Fsp3) is 0.214. The van der Waals surface area contributed by atoms with Crippen molar-refractivity contribution >= 4 is 15.7 Å². The number of nitrogens with two attached hydrogens (primary N) is 1. The topological polar surface area (TPSA) is 94.3 Å². The number of primary sulfonamides is 1. The van der Waals surface area contributed by atoms with Crippen LogP contribution in [-0.4, -0.2) is 20.0 Å². The number of anilines is 1. The zero-order valence-corrected chi connectivity index (χ0v) is 13.6. The van der Waals surface area contributed by atoms with Gasteiger partial charge in [-0.05, 0) is 30.3 Å². The molecular formula is C14H12F5N3O3S. The summed E-state index contributed by atoms with van der Waals surface area (Å²) in [5.74, 6) is -0.166. The molecule has 0 amide bonds. The lowest BCUT2D eigenvalue weighted by atomic mass is 10.2. The number of nitrogens with one attached hydrogen (secondary N) is 1. The van der Waals surface area contributed by atoms with Crippen molar-refractivity contribution in [1.82, 2.24) is 4.98 Å². The van der Waals surface area contributed by atoms with E-state index in [0.717, 1.165) is 18.3 Å². The molecular weight excluding hydrogens is 385 g/mol. The van der Waals surface area contributed by atoms with Gasteiger partial charge in [0.05, 0.1) is 28.9 Å². The van der Waals surface area contributed by atoms with E-state index >= 15 is 0 Å². The van der Waals surface area contributed by atoms with E-state index in [-0.39, 0.29) is 18.0 Å². The van der Waals surface area contributed by atoms with Crippen molar-refractivity contribution in [3.63, 3.8) is 0 Å². The van der Waals surface area contributed by atoms with Crippen LogP contribution < -0.4 is 15.2 Å². The predicted octanol–water partition coefficient (Wildman–Crippen LogP) is 2.96. The molecule has 1 heterocycles. The molecule has 0 saturated carbocycles. The molecule has 26 heavy (non-hydrogen) atoms. The van der Waals surface area contributed by atoms with Crippen molar-refractivity contribution in [3.8, 4) is 5.75 Å². The molecule has 12 heteroatoms. The highest BCUT2D eigenvalue weighted by atomic mass is 32.2. The Morgan fingerprint density at radius 3 is 2.38 bits per heavy atom. The Labute approximate surface area is 144 Å². The lowest BCUT2D eigenvalue weighted by Crippen LogP contribution is -2.19. The normalized spacial score (nSPS) is 12.3. The number of ether oxygens (including phenoxy) is 1. The highest BCUT2D eigenvalue weighted by Gasteiger charge is 2.36. The van der Waals surface area contributed by atoms with Gasteiger partial charge < -0.3 is 10.1 Å². The molecule has 0 radical (unpaired) electrons. The van der Waals surface area contributed by atoms with Gasteiger partial charge in [-0.1, -0.05) is 0 Å². The van der Waals surface area contributed by atoms with E-state index in [1.165, 1.54) is 12.1 Å². The molecule has 0 aliphatic carbocycles. The van der Waals surface area contributed by atoms with Gasteiger partial charge in [0.2, 0.25) is 10.0 Å². The number of aromatic nitrogens is 1. The Morgan fingerprint density at radius 1 is 1.19 bits per heavy atom. The summed E-state index contributed by atoms with van der Waals surface area (Å²) in [5, 5.41) is 7.42. The van der Waals surface area contributed by atoms with E-state index in [2.05, 4.69) is 15.0 Å². The van der Waals surface area contributed by atoms with Crippen LogP contribution >= 0.6 is 0 Å². The average molecular weight is 397 g/mol. The van der Waals surface area contributed by atoms with E-state index in [4.69, 9.17) is 5.14 Å². The number of nitrogens with zero attached hydrogens (tertiary/aromatic N) is 1. The summed E-state index contributed by atoms with van der Waals surface area (Å²) in [7, 11) is -4.55. The molecule has 0 saturated heterocycles. The van der Waals surface area contributed by atoms with Gasteiger partial charge in [-0.15, -0.1) is 0 Å². The predicted molar refractivity (Wildman–Crippen MR) is 81.0 cm³/mol. The average Bonchev–Trinajstić information content (AvgIpc) is 2.51. The molecule has 142 valence electrons. The molecule has 3 N–H and O–H groups in total. The highest BCUT2D eigenvalue weighted by Crippen LogP contribution is 2.35. The Morgan fingerprint density at radius 2 is 1.88 bits per heavy atom. The smallest absolute Gasteiger partial charge is 0.417 e. The Hall–Kier alpha value is -2.47. The molecule has 0 fully saturated rings. The van der Waals surface area contributed by atoms with Gasteiger partial charge in [0.25, 0.3) is 0 Å². The van der Waals surface area contributed by atoms with Crippen molar-refractivity contribution in [2.45, 2.75) is 24.2 Å². The zero-order chi connectivity index (χ0) is 19.5. The first-order valence-electron chi connectivity index (χ1n) is 6.84. The second-order valence-corrected chi connectivity index (χ2v) is 6.50. The van der Waals surface area contributed by atoms with Gasteiger partial charge >= 0.3 is 12.8 Å². The fourth-order valence-electron chi connectivity index (χ4n) is 1.99. The Kier molecular flexibility index (Phi) is 5.66. The third-order valence-electron chi connectivity index (χ3n) is 3.09. The number of benzene rings is 1. The van der Waals surface area contributed by atoms with Crippen molar-refractivity contribution < 1.29 is 35.1 Å². The van der Waals surface area contributed by atoms with Gasteiger partial charge in [-0.25, -0.2) is 13.6 Å². The third-order valence-corrected chi connectivity index (χ3v) is 4.06. The quantitative estimate of drug-likeness (QED) is 0.731. The summed E-state index contributed by atoms with van der Waals surface area (Å²) in [4.78, 5) is 2.78. The summed E-state index contributed by atoms with van der Waals surface area (Å²) in [6, 6.07) is 5.03. The van der Waals surface area contributed by atoms with E-state index in [9.17, 15) is 30.4 Å². The molecule has 0 atom stereocenters. The molecule has 1 aromatic heterocycles. The number of hydrogen-bond donors (Lipinski definition) is 2. The summed E-state index contributed by atoms with van der Waals surface area (Å²) in [6.07, 6.45) is -3.89. The molecule has 6 nitrogen and oxygen atoms in total. The maximum absolute atomic E-state index is 13.0. The summed E-state index contributed by atoms with van der Waals surface area (Å²) in [5.41, 5.74) is -1.10. The van der Waals surface area contributed by atoms with Crippen LogP contribution in [0.2, 0.25) is 0 Å². The minimum atomic E-state index is -4.92. The van der Waals surface area contributed by atoms with Gasteiger partial charge in [-0.2, -0.15) is 22.0 Å². The van der Waals surface area contributed by atoms with Crippen molar-refractivity contribution in [1.29, 1.82) is 0 Å². The number of alkyl halides is 5. The van der Waals surface area contributed by atoms with Crippen molar-refractivity contribution in [2.75, 3.05) is 5.32 Å². The van der Waals surface area contributed by atoms with Gasteiger partial charge in [-0.3, -0.25) is 4.98 Å². The molecule has 0 aliphatic rings.